The van der Waals surface area contributed by atoms with Crippen LogP contribution in [0.4, 0.5) is 0 Å². The predicted octanol–water partition coefficient (Wildman–Crippen LogP) is 4.56. The summed E-state index contributed by atoms with van der Waals surface area (Å²) in [6, 6.07) is 0. The van der Waals surface area contributed by atoms with Crippen molar-refractivity contribution in [1.29, 1.82) is 0 Å². The molecule has 0 rings (SSSR count). The second-order valence-corrected chi connectivity index (χ2v) is 6.87. The van der Waals surface area contributed by atoms with Gasteiger partial charge in [0.2, 0.25) is 0 Å². The van der Waals surface area contributed by atoms with E-state index in [1.54, 1.807) is 0 Å². The number of unbranched alkanes of at least 4 members (excludes halogenated alkanes) is 12. The van der Waals surface area contributed by atoms with Gasteiger partial charge in [-0.15, -0.1) is 0 Å². The Morgan fingerprint density at radius 3 is 1.52 bits per heavy atom. The molecule has 0 atom stereocenters. The second kappa shape index (κ2) is 17.3. The maximum atomic E-state index is 10.4. The molecule has 0 radical (unpaired) electrons. The number of hydrogen-bond donors (Lipinski definition) is 1. The fourth-order valence-electron chi connectivity index (χ4n) is 2.29. The van der Waals surface area contributed by atoms with Crippen LogP contribution in [-0.4, -0.2) is 50.7 Å². The monoisotopic (exact) mass is 346 g/mol. The van der Waals surface area contributed by atoms with Crippen molar-refractivity contribution in [3.63, 3.8) is 0 Å². The quantitative estimate of drug-likeness (QED) is 0.285. The molecule has 0 saturated heterocycles. The Morgan fingerprint density at radius 1 is 0.762 bits per heavy atom. The fourth-order valence-corrected chi connectivity index (χ4v) is 2.67. The van der Waals surface area contributed by atoms with E-state index in [9.17, 15) is 8.42 Å². The van der Waals surface area contributed by atoms with Gasteiger partial charge in [-0.3, -0.25) is 4.55 Å². The first-order valence-corrected chi connectivity index (χ1v) is 9.70. The standard InChI is InChI=1S/C16H32O3S.Ca.2H/c1-2-3-4-5-6-7-8-9-10-11-12-13-14-15-16-20(17,18)19;;;/h15-16H,2-14H2,1H3,(H,17,18,19);;;. The van der Waals surface area contributed by atoms with Crippen LogP contribution < -0.4 is 0 Å². The maximum absolute atomic E-state index is 10.4. The number of hydrogen-bond acceptors (Lipinski definition) is 2. The first kappa shape index (κ1) is 24.2. The summed E-state index contributed by atoms with van der Waals surface area (Å²) in [7, 11) is -3.92. The van der Waals surface area contributed by atoms with Gasteiger partial charge in [-0.05, 0) is 12.8 Å². The van der Waals surface area contributed by atoms with Gasteiger partial charge in [0.1, 0.15) is 0 Å². The van der Waals surface area contributed by atoms with Gasteiger partial charge in [0.15, 0.2) is 0 Å². The summed E-state index contributed by atoms with van der Waals surface area (Å²) in [5.41, 5.74) is 0. The molecule has 0 aliphatic heterocycles. The first-order chi connectivity index (χ1) is 9.56. The third-order valence-corrected chi connectivity index (χ3v) is 4.03. The molecule has 1 N–H and O–H groups in total. The molecule has 0 heterocycles. The van der Waals surface area contributed by atoms with E-state index >= 15 is 0 Å². The van der Waals surface area contributed by atoms with Crippen molar-refractivity contribution in [3.8, 4) is 0 Å². The van der Waals surface area contributed by atoms with Crippen molar-refractivity contribution in [3.05, 3.63) is 11.5 Å². The summed E-state index contributed by atoms with van der Waals surface area (Å²) in [6.07, 6.45) is 17.9. The summed E-state index contributed by atoms with van der Waals surface area (Å²) in [6.45, 7) is 2.25. The molecule has 21 heavy (non-hydrogen) atoms. The summed E-state index contributed by atoms with van der Waals surface area (Å²) in [5, 5.41) is 0.880. The molecule has 0 aliphatic rings. The molecule has 0 spiro atoms. The Bertz CT molecular complexity index is 326. The molecule has 0 aliphatic carbocycles. The Kier molecular flexibility index (Phi) is 19.9. The zero-order valence-electron chi connectivity index (χ0n) is 13.0. The van der Waals surface area contributed by atoms with Gasteiger partial charge in [-0.1, -0.05) is 83.6 Å². The van der Waals surface area contributed by atoms with Crippen LogP contribution in [0, 0.1) is 0 Å². The third-order valence-electron chi connectivity index (χ3n) is 3.49. The Morgan fingerprint density at radius 2 is 1.14 bits per heavy atom. The Labute approximate surface area is 161 Å². The van der Waals surface area contributed by atoms with Crippen molar-refractivity contribution < 1.29 is 13.0 Å². The van der Waals surface area contributed by atoms with E-state index in [1.165, 1.54) is 70.3 Å². The van der Waals surface area contributed by atoms with Crippen LogP contribution in [0.25, 0.3) is 0 Å². The van der Waals surface area contributed by atoms with Gasteiger partial charge in [0, 0.05) is 0 Å². The van der Waals surface area contributed by atoms with E-state index in [4.69, 9.17) is 4.55 Å². The molecular weight excluding hydrogens is 312 g/mol. The van der Waals surface area contributed by atoms with Gasteiger partial charge in [-0.2, -0.15) is 8.42 Å². The van der Waals surface area contributed by atoms with Crippen LogP contribution in [0.1, 0.15) is 90.4 Å². The van der Waals surface area contributed by atoms with Crippen LogP contribution in [0.2, 0.25) is 0 Å². The number of rotatable bonds is 14. The zero-order chi connectivity index (χ0) is 15.1. The topological polar surface area (TPSA) is 54.4 Å². The Balaban J connectivity index is 0. The second-order valence-electron chi connectivity index (χ2n) is 5.56. The van der Waals surface area contributed by atoms with Crippen LogP contribution in [0.15, 0.2) is 11.5 Å². The van der Waals surface area contributed by atoms with Crippen molar-refractivity contribution in [2.24, 2.45) is 0 Å². The Hall–Kier alpha value is 0.910. The van der Waals surface area contributed by atoms with E-state index in [0.717, 1.165) is 24.7 Å². The van der Waals surface area contributed by atoms with Crippen LogP contribution >= 0.6 is 0 Å². The molecule has 0 fully saturated rings. The van der Waals surface area contributed by atoms with Crippen LogP contribution in [0.3, 0.4) is 0 Å². The summed E-state index contributed by atoms with van der Waals surface area (Å²) in [5.74, 6) is 0. The molecule has 0 aromatic carbocycles. The minimum absolute atomic E-state index is 0. The van der Waals surface area contributed by atoms with Gasteiger partial charge in [-0.25, -0.2) is 0 Å². The van der Waals surface area contributed by atoms with Gasteiger partial charge in [0.05, 0.1) is 5.41 Å². The van der Waals surface area contributed by atoms with Crippen molar-refractivity contribution >= 4 is 47.9 Å². The van der Waals surface area contributed by atoms with Crippen molar-refractivity contribution in [1.82, 2.24) is 0 Å². The van der Waals surface area contributed by atoms with E-state index < -0.39 is 10.1 Å². The number of allylic oxidation sites excluding steroid dienone is 1. The molecular formula is C16H34CaO3S. The molecule has 5 heteroatoms. The molecule has 0 aromatic rings. The minimum atomic E-state index is -3.92. The van der Waals surface area contributed by atoms with Crippen LogP contribution in [0.5, 0.6) is 0 Å². The van der Waals surface area contributed by atoms with Gasteiger partial charge >= 0.3 is 37.7 Å². The average molecular weight is 347 g/mol. The molecule has 0 bridgehead atoms. The summed E-state index contributed by atoms with van der Waals surface area (Å²) >= 11 is 0. The molecule has 0 saturated carbocycles. The molecule has 0 amide bonds. The molecule has 0 unspecified atom stereocenters. The zero-order valence-corrected chi connectivity index (χ0v) is 13.8. The van der Waals surface area contributed by atoms with E-state index in [0.29, 0.717) is 0 Å². The molecule has 124 valence electrons. The van der Waals surface area contributed by atoms with E-state index in [1.807, 2.05) is 0 Å². The fraction of sp³-hybridized carbons (Fsp3) is 0.875. The van der Waals surface area contributed by atoms with Gasteiger partial charge < -0.3 is 0 Å². The first-order valence-electron chi connectivity index (χ1n) is 8.20. The summed E-state index contributed by atoms with van der Waals surface area (Å²) in [4.78, 5) is 0. The molecule has 0 aromatic heterocycles. The summed E-state index contributed by atoms with van der Waals surface area (Å²) < 4.78 is 29.3. The van der Waals surface area contributed by atoms with Crippen molar-refractivity contribution in [2.45, 2.75) is 90.4 Å². The molecule has 3 nitrogen and oxygen atoms in total. The van der Waals surface area contributed by atoms with E-state index in [2.05, 4.69) is 6.92 Å². The van der Waals surface area contributed by atoms with E-state index in [-0.39, 0.29) is 37.7 Å². The SMILES string of the molecule is CCCCCCCCCCCCCCC=CS(=O)(=O)O.[CaH2]. The van der Waals surface area contributed by atoms with Crippen LogP contribution in [-0.2, 0) is 10.1 Å². The van der Waals surface area contributed by atoms with Crippen molar-refractivity contribution in [2.75, 3.05) is 0 Å². The normalized spacial score (nSPS) is 11.7. The average Bonchev–Trinajstić information content (AvgIpc) is 2.38. The van der Waals surface area contributed by atoms with Gasteiger partial charge in [0.25, 0.3) is 10.1 Å². The third kappa shape index (κ3) is 23.3. The predicted molar refractivity (Wildman–Crippen MR) is 94.9 cm³/mol.